The lowest BCUT2D eigenvalue weighted by Crippen LogP contribution is -2.27. The quantitative estimate of drug-likeness (QED) is 0.582. The van der Waals surface area contributed by atoms with Crippen molar-refractivity contribution in [3.63, 3.8) is 0 Å². The fourth-order valence-corrected chi connectivity index (χ4v) is 2.07. The van der Waals surface area contributed by atoms with Gasteiger partial charge in [0, 0.05) is 12.7 Å². The second-order valence-corrected chi connectivity index (χ2v) is 9.88. The first-order chi connectivity index (χ1) is 8.43. The van der Waals surface area contributed by atoms with E-state index >= 15 is 0 Å². The first-order valence-corrected chi connectivity index (χ1v) is 9.52. The molecule has 1 unspecified atom stereocenters. The van der Waals surface area contributed by atoms with Gasteiger partial charge < -0.3 is 4.74 Å². The molecule has 94 valence electrons. The minimum Gasteiger partial charge on any atom is -0.351 e. The zero-order chi connectivity index (χ0) is 13.6. The third-order valence-electron chi connectivity index (χ3n) is 2.40. The molecule has 1 aromatic carbocycles. The molecular weight excluding hydrogens is 236 g/mol. The lowest BCUT2D eigenvalue weighted by molar-refractivity contribution is 0.0898. The van der Waals surface area contributed by atoms with Crippen molar-refractivity contribution in [1.82, 2.24) is 0 Å². The van der Waals surface area contributed by atoms with Crippen molar-refractivity contribution in [3.05, 3.63) is 35.9 Å². The number of methoxy groups -OCH3 is 1. The molecule has 18 heavy (non-hydrogen) atoms. The van der Waals surface area contributed by atoms with Crippen LogP contribution in [0.3, 0.4) is 0 Å². The summed E-state index contributed by atoms with van der Waals surface area (Å²) in [6.45, 7) is 8.45. The molecule has 1 atom stereocenters. The van der Waals surface area contributed by atoms with Crippen LogP contribution in [0.25, 0.3) is 0 Å². The number of rotatable bonds is 2. The molecule has 0 aliphatic carbocycles. The Morgan fingerprint density at radius 1 is 1.06 bits per heavy atom. The Labute approximate surface area is 112 Å². The molecule has 0 saturated carbocycles. The third-order valence-corrected chi connectivity index (χ3v) is 3.28. The summed E-state index contributed by atoms with van der Waals surface area (Å²) in [7, 11) is 0.209. The Bertz CT molecular complexity index is 505. The fourth-order valence-electron chi connectivity index (χ4n) is 1.52. The minimum atomic E-state index is -1.45. The molecule has 1 rings (SSSR count). The number of hydrogen-bond acceptors (Lipinski definition) is 1. The van der Waals surface area contributed by atoms with E-state index in [0.717, 1.165) is 5.56 Å². The zero-order valence-corrected chi connectivity index (χ0v) is 12.8. The van der Waals surface area contributed by atoms with E-state index in [0.29, 0.717) is 0 Å². The second-order valence-electron chi connectivity index (χ2n) is 5.13. The van der Waals surface area contributed by atoms with Crippen molar-refractivity contribution in [2.45, 2.75) is 32.2 Å². The number of ether oxygens (including phenoxy) is 1. The van der Waals surface area contributed by atoms with Gasteiger partial charge in [0.1, 0.15) is 8.07 Å². The zero-order valence-electron chi connectivity index (χ0n) is 11.8. The van der Waals surface area contributed by atoms with Crippen molar-refractivity contribution in [2.24, 2.45) is 0 Å². The maximum atomic E-state index is 5.63. The van der Waals surface area contributed by atoms with Crippen LogP contribution in [0.5, 0.6) is 0 Å². The molecule has 0 aromatic heterocycles. The first kappa shape index (κ1) is 14.6. The highest BCUT2D eigenvalue weighted by molar-refractivity contribution is 6.83. The Morgan fingerprint density at radius 3 is 2.11 bits per heavy atom. The predicted molar refractivity (Wildman–Crippen MR) is 79.7 cm³/mol. The van der Waals surface area contributed by atoms with Gasteiger partial charge in [0.25, 0.3) is 0 Å². The van der Waals surface area contributed by atoms with E-state index < -0.39 is 13.7 Å². The molecule has 0 N–H and O–H groups in total. The van der Waals surface area contributed by atoms with Gasteiger partial charge in [0.2, 0.25) is 5.60 Å². The minimum absolute atomic E-state index is 0.795. The van der Waals surface area contributed by atoms with Gasteiger partial charge in [-0.2, -0.15) is 0 Å². The van der Waals surface area contributed by atoms with Crippen LogP contribution in [0.15, 0.2) is 30.3 Å². The molecule has 0 saturated heterocycles. The number of benzene rings is 1. The maximum absolute atomic E-state index is 5.63. The summed E-state index contributed by atoms with van der Waals surface area (Å²) in [5.41, 5.74) is 3.56. The molecule has 0 bridgehead atoms. The summed E-state index contributed by atoms with van der Waals surface area (Å²) in [6.07, 6.45) is 0. The molecule has 0 spiro atoms. The van der Waals surface area contributed by atoms with E-state index in [1.165, 1.54) is 0 Å². The van der Waals surface area contributed by atoms with Crippen LogP contribution in [0.2, 0.25) is 19.6 Å². The Morgan fingerprint density at radius 2 is 1.67 bits per heavy atom. The summed E-state index contributed by atoms with van der Waals surface area (Å²) in [4.78, 5) is 0. The van der Waals surface area contributed by atoms with Gasteiger partial charge in [-0.3, -0.25) is 0 Å². The van der Waals surface area contributed by atoms with Crippen LogP contribution in [-0.2, 0) is 10.3 Å². The van der Waals surface area contributed by atoms with Crippen molar-refractivity contribution in [1.29, 1.82) is 0 Å². The SMILES string of the molecule is CC#CC(C#C[Si](C)(C)C)(OC)c1ccccc1. The van der Waals surface area contributed by atoms with Crippen LogP contribution in [0.4, 0.5) is 0 Å². The van der Waals surface area contributed by atoms with Crippen molar-refractivity contribution in [3.8, 4) is 23.3 Å². The molecule has 1 nitrogen and oxygen atoms in total. The first-order valence-electron chi connectivity index (χ1n) is 6.02. The van der Waals surface area contributed by atoms with Crippen molar-refractivity contribution in [2.75, 3.05) is 7.11 Å². The normalized spacial score (nSPS) is 13.6. The van der Waals surface area contributed by atoms with Crippen LogP contribution < -0.4 is 0 Å². The van der Waals surface area contributed by atoms with Gasteiger partial charge in [-0.1, -0.05) is 55.9 Å². The third kappa shape index (κ3) is 3.77. The molecule has 0 amide bonds. The topological polar surface area (TPSA) is 9.23 Å². The van der Waals surface area contributed by atoms with E-state index in [4.69, 9.17) is 4.74 Å². The molecule has 0 aliphatic heterocycles. The van der Waals surface area contributed by atoms with E-state index in [9.17, 15) is 0 Å². The van der Waals surface area contributed by atoms with E-state index in [1.807, 2.05) is 37.3 Å². The van der Waals surface area contributed by atoms with Crippen LogP contribution in [0, 0.1) is 23.3 Å². The number of hydrogen-bond donors (Lipinski definition) is 0. The summed E-state index contributed by atoms with van der Waals surface area (Å²) >= 11 is 0. The largest absolute Gasteiger partial charge is 0.351 e. The van der Waals surface area contributed by atoms with Crippen LogP contribution in [-0.4, -0.2) is 15.2 Å². The average Bonchev–Trinajstić information content (AvgIpc) is 2.35. The Hall–Kier alpha value is -1.48. The maximum Gasteiger partial charge on any atom is 0.215 e. The van der Waals surface area contributed by atoms with Gasteiger partial charge in [0.15, 0.2) is 0 Å². The lowest BCUT2D eigenvalue weighted by atomic mass is 9.95. The molecule has 2 heteroatoms. The molecule has 0 heterocycles. The smallest absolute Gasteiger partial charge is 0.215 e. The van der Waals surface area contributed by atoms with Gasteiger partial charge >= 0.3 is 0 Å². The average molecular weight is 256 g/mol. The van der Waals surface area contributed by atoms with Gasteiger partial charge in [0.05, 0.1) is 0 Å². The molecule has 0 aliphatic rings. The summed E-state index contributed by atoms with van der Waals surface area (Å²) in [6, 6.07) is 9.96. The predicted octanol–water partition coefficient (Wildman–Crippen LogP) is 3.43. The highest BCUT2D eigenvalue weighted by Gasteiger charge is 2.27. The lowest BCUT2D eigenvalue weighted by Gasteiger charge is -2.22. The van der Waals surface area contributed by atoms with E-state index in [2.05, 4.69) is 42.9 Å². The van der Waals surface area contributed by atoms with Crippen LogP contribution >= 0.6 is 0 Å². The Kier molecular flexibility index (Phi) is 4.79. The Balaban J connectivity index is 3.33. The molecule has 0 fully saturated rings. The molecule has 1 aromatic rings. The van der Waals surface area contributed by atoms with E-state index in [-0.39, 0.29) is 0 Å². The summed E-state index contributed by atoms with van der Waals surface area (Å²) in [5, 5.41) is 0. The summed E-state index contributed by atoms with van der Waals surface area (Å²) < 4.78 is 5.63. The van der Waals surface area contributed by atoms with E-state index in [1.54, 1.807) is 7.11 Å². The van der Waals surface area contributed by atoms with Crippen molar-refractivity contribution >= 4 is 8.07 Å². The van der Waals surface area contributed by atoms with Crippen molar-refractivity contribution < 1.29 is 4.74 Å². The van der Waals surface area contributed by atoms with Gasteiger partial charge in [-0.15, -0.1) is 11.5 Å². The van der Waals surface area contributed by atoms with Crippen LogP contribution in [0.1, 0.15) is 12.5 Å². The molecular formula is C16H20OSi. The molecule has 0 radical (unpaired) electrons. The standard InChI is InChI=1S/C16H20OSi/c1-6-12-16(17-2,13-14-18(3,4)5)15-10-8-7-9-11-15/h7-11H,1-5H3. The highest BCUT2D eigenvalue weighted by Crippen LogP contribution is 2.24. The fraction of sp³-hybridized carbons (Fsp3) is 0.375. The van der Waals surface area contributed by atoms with Gasteiger partial charge in [-0.05, 0) is 12.8 Å². The van der Waals surface area contributed by atoms with Gasteiger partial charge in [-0.25, -0.2) is 0 Å². The summed E-state index contributed by atoms with van der Waals surface area (Å²) in [5.74, 6) is 9.30. The second kappa shape index (κ2) is 5.91. The highest BCUT2D eigenvalue weighted by atomic mass is 28.3. The monoisotopic (exact) mass is 256 g/mol.